The van der Waals surface area contributed by atoms with Gasteiger partial charge in [0.25, 0.3) is 5.91 Å². The Hall–Kier alpha value is -3.59. The van der Waals surface area contributed by atoms with E-state index in [2.05, 4.69) is 37.2 Å². The second kappa shape index (κ2) is 8.16. The maximum atomic E-state index is 13.3. The molecule has 1 aliphatic heterocycles. The van der Waals surface area contributed by atoms with Crippen LogP contribution in [0.3, 0.4) is 0 Å². The molecule has 1 unspecified atom stereocenters. The van der Waals surface area contributed by atoms with Gasteiger partial charge in [0.1, 0.15) is 11.8 Å². The Bertz CT molecular complexity index is 1290. The van der Waals surface area contributed by atoms with Gasteiger partial charge in [-0.3, -0.25) is 9.78 Å². The number of H-pyrrole nitrogens is 1. The quantitative estimate of drug-likeness (QED) is 0.513. The van der Waals surface area contributed by atoms with Gasteiger partial charge in [-0.05, 0) is 38.4 Å². The topological polar surface area (TPSA) is 103 Å². The zero-order chi connectivity index (χ0) is 22.2. The number of anilines is 1. The largest absolute Gasteiger partial charge is 0.360 e. The van der Waals surface area contributed by atoms with Crippen molar-refractivity contribution < 1.29 is 4.79 Å². The molecule has 3 aromatic heterocycles. The van der Waals surface area contributed by atoms with Crippen LogP contribution in [-0.4, -0.2) is 73.9 Å². The highest BCUT2D eigenvalue weighted by Crippen LogP contribution is 2.28. The molecule has 0 radical (unpaired) electrons. The van der Waals surface area contributed by atoms with Crippen molar-refractivity contribution in [2.75, 3.05) is 38.5 Å². The van der Waals surface area contributed by atoms with E-state index in [1.165, 1.54) is 6.33 Å². The number of aromatic amines is 1. The highest BCUT2D eigenvalue weighted by molar-refractivity contribution is 6.08. The summed E-state index contributed by atoms with van der Waals surface area (Å²) in [6, 6.07) is 7.85. The summed E-state index contributed by atoms with van der Waals surface area (Å²) in [7, 11) is 2.09. The highest BCUT2D eigenvalue weighted by Gasteiger charge is 2.23. The van der Waals surface area contributed by atoms with Crippen LogP contribution in [0.15, 0.2) is 36.9 Å². The molecule has 0 spiro atoms. The monoisotopic (exact) mass is 430 g/mol. The minimum Gasteiger partial charge on any atom is -0.360 e. The number of aromatic nitrogens is 5. The van der Waals surface area contributed by atoms with Gasteiger partial charge in [-0.1, -0.05) is 12.1 Å². The van der Waals surface area contributed by atoms with Crippen LogP contribution in [0.5, 0.6) is 0 Å². The van der Waals surface area contributed by atoms with Crippen molar-refractivity contribution in [3.8, 4) is 0 Å². The van der Waals surface area contributed by atoms with Crippen molar-refractivity contribution in [3.05, 3.63) is 53.9 Å². The number of rotatable bonds is 4. The van der Waals surface area contributed by atoms with E-state index in [-0.39, 0.29) is 11.9 Å². The Morgan fingerprint density at radius 1 is 1.16 bits per heavy atom. The number of piperazine rings is 1. The van der Waals surface area contributed by atoms with E-state index in [1.54, 1.807) is 6.33 Å². The number of hydrogen-bond acceptors (Lipinski definition) is 7. The molecule has 0 bridgehead atoms. The second-order valence-corrected chi connectivity index (χ2v) is 8.32. The van der Waals surface area contributed by atoms with Gasteiger partial charge in [0.2, 0.25) is 0 Å². The number of nitrogens with zero attached hydrogens (tertiary/aromatic N) is 6. The SMILES string of the molecule is Cc1nc(C(C)Nc2ncnc3nc[nH]c23)cc2cccc(C(=O)N3CCN(C)CC3)c12. The van der Waals surface area contributed by atoms with E-state index in [1.807, 2.05) is 43.0 Å². The Morgan fingerprint density at radius 2 is 1.97 bits per heavy atom. The molecule has 32 heavy (non-hydrogen) atoms. The van der Waals surface area contributed by atoms with Crippen molar-refractivity contribution in [1.29, 1.82) is 0 Å². The Morgan fingerprint density at radius 3 is 2.78 bits per heavy atom. The molecule has 1 aliphatic rings. The van der Waals surface area contributed by atoms with E-state index in [0.29, 0.717) is 11.5 Å². The lowest BCUT2D eigenvalue weighted by molar-refractivity contribution is 0.0666. The summed E-state index contributed by atoms with van der Waals surface area (Å²) >= 11 is 0. The van der Waals surface area contributed by atoms with Gasteiger partial charge in [-0.25, -0.2) is 15.0 Å². The van der Waals surface area contributed by atoms with Crippen LogP contribution in [0.1, 0.15) is 34.7 Å². The number of fused-ring (bicyclic) bond motifs is 2. The van der Waals surface area contributed by atoms with Crippen molar-refractivity contribution in [3.63, 3.8) is 0 Å². The minimum atomic E-state index is -0.100. The molecule has 5 rings (SSSR count). The second-order valence-electron chi connectivity index (χ2n) is 8.32. The summed E-state index contributed by atoms with van der Waals surface area (Å²) in [5.74, 6) is 0.758. The van der Waals surface area contributed by atoms with Gasteiger partial charge in [0.05, 0.1) is 18.1 Å². The normalized spacial score (nSPS) is 15.9. The summed E-state index contributed by atoms with van der Waals surface area (Å²) in [6.45, 7) is 7.30. The number of benzene rings is 1. The molecule has 1 fully saturated rings. The first-order chi connectivity index (χ1) is 15.5. The molecule has 1 amide bonds. The molecule has 1 saturated heterocycles. The smallest absolute Gasteiger partial charge is 0.254 e. The van der Waals surface area contributed by atoms with Gasteiger partial charge in [0.15, 0.2) is 11.5 Å². The molecular formula is C23H26N8O. The molecule has 0 saturated carbocycles. The van der Waals surface area contributed by atoms with Crippen LogP contribution in [-0.2, 0) is 0 Å². The van der Waals surface area contributed by atoms with Crippen LogP contribution in [0, 0.1) is 6.92 Å². The zero-order valence-corrected chi connectivity index (χ0v) is 18.5. The van der Waals surface area contributed by atoms with Gasteiger partial charge in [0, 0.05) is 42.8 Å². The average Bonchev–Trinajstić information content (AvgIpc) is 3.28. The first-order valence-corrected chi connectivity index (χ1v) is 10.8. The number of carbonyl (C=O) groups is 1. The first kappa shape index (κ1) is 20.3. The summed E-state index contributed by atoms with van der Waals surface area (Å²) in [6.07, 6.45) is 3.10. The lowest BCUT2D eigenvalue weighted by atomic mass is 10.00. The number of imidazole rings is 1. The first-order valence-electron chi connectivity index (χ1n) is 10.8. The molecule has 4 aromatic rings. The number of carbonyl (C=O) groups excluding carboxylic acids is 1. The van der Waals surface area contributed by atoms with Crippen LogP contribution in [0.2, 0.25) is 0 Å². The van der Waals surface area contributed by atoms with Gasteiger partial charge in [-0.2, -0.15) is 0 Å². The number of nitrogens with one attached hydrogen (secondary N) is 2. The van der Waals surface area contributed by atoms with Crippen molar-refractivity contribution >= 4 is 33.7 Å². The van der Waals surface area contributed by atoms with Gasteiger partial charge < -0.3 is 20.1 Å². The minimum absolute atomic E-state index is 0.0788. The number of hydrogen-bond donors (Lipinski definition) is 2. The molecule has 9 nitrogen and oxygen atoms in total. The third kappa shape index (κ3) is 3.64. The van der Waals surface area contributed by atoms with Crippen LogP contribution in [0.25, 0.3) is 21.9 Å². The Labute approximate surface area is 185 Å². The fourth-order valence-electron chi connectivity index (χ4n) is 4.27. The van der Waals surface area contributed by atoms with Crippen LogP contribution >= 0.6 is 0 Å². The molecule has 1 atom stereocenters. The highest BCUT2D eigenvalue weighted by atomic mass is 16.2. The van der Waals surface area contributed by atoms with E-state index in [0.717, 1.165) is 59.4 Å². The molecule has 9 heteroatoms. The summed E-state index contributed by atoms with van der Waals surface area (Å²) in [5.41, 5.74) is 3.82. The third-order valence-corrected chi connectivity index (χ3v) is 6.10. The lowest BCUT2D eigenvalue weighted by Crippen LogP contribution is -2.47. The van der Waals surface area contributed by atoms with Crippen molar-refractivity contribution in [1.82, 2.24) is 34.7 Å². The molecule has 4 heterocycles. The van der Waals surface area contributed by atoms with Crippen molar-refractivity contribution in [2.24, 2.45) is 0 Å². The fraction of sp³-hybridized carbons (Fsp3) is 0.348. The Kier molecular flexibility index (Phi) is 5.18. The summed E-state index contributed by atoms with van der Waals surface area (Å²) < 4.78 is 0. The summed E-state index contributed by atoms with van der Waals surface area (Å²) in [4.78, 5) is 38.1. The van der Waals surface area contributed by atoms with Crippen LogP contribution in [0.4, 0.5) is 5.82 Å². The zero-order valence-electron chi connectivity index (χ0n) is 18.5. The predicted octanol–water partition coefficient (Wildman–Crippen LogP) is 2.77. The Balaban J connectivity index is 1.46. The number of pyridine rings is 1. The molecule has 2 N–H and O–H groups in total. The van der Waals surface area contributed by atoms with Crippen LogP contribution < -0.4 is 5.32 Å². The van der Waals surface area contributed by atoms with E-state index in [9.17, 15) is 4.79 Å². The fourth-order valence-corrected chi connectivity index (χ4v) is 4.27. The van der Waals surface area contributed by atoms with Crippen molar-refractivity contribution in [2.45, 2.75) is 19.9 Å². The maximum absolute atomic E-state index is 13.3. The molecular weight excluding hydrogens is 404 g/mol. The number of likely N-dealkylation sites (N-methyl/N-ethyl adjacent to an activating group) is 1. The predicted molar refractivity (Wildman–Crippen MR) is 124 cm³/mol. The molecule has 0 aliphatic carbocycles. The van der Waals surface area contributed by atoms with E-state index < -0.39 is 0 Å². The number of amides is 1. The molecule has 164 valence electrons. The van der Waals surface area contributed by atoms with E-state index in [4.69, 9.17) is 4.98 Å². The number of aryl methyl sites for hydroxylation is 1. The van der Waals surface area contributed by atoms with Gasteiger partial charge >= 0.3 is 0 Å². The molecule has 1 aromatic carbocycles. The standard InChI is InChI=1S/C23H26N8O/c1-14(29-22-20-21(25-12-24-20)26-13-27-22)18-11-16-5-4-6-17(19(16)15(2)28-18)23(32)31-9-7-30(3)8-10-31/h4-6,11-14H,7-10H2,1-3H3,(H2,24,25,26,27,29). The average molecular weight is 431 g/mol. The van der Waals surface area contributed by atoms with Gasteiger partial charge in [-0.15, -0.1) is 0 Å². The third-order valence-electron chi connectivity index (χ3n) is 6.10. The summed E-state index contributed by atoms with van der Waals surface area (Å²) in [5, 5.41) is 5.34. The van der Waals surface area contributed by atoms with E-state index >= 15 is 0 Å². The lowest BCUT2D eigenvalue weighted by Gasteiger charge is -2.32. The maximum Gasteiger partial charge on any atom is 0.254 e.